The molecular formula is C43H48O11. The highest BCUT2D eigenvalue weighted by molar-refractivity contribution is 5.66. The molecule has 0 N–H and O–H groups in total. The van der Waals surface area contributed by atoms with E-state index in [9.17, 15) is 9.59 Å². The SMILES string of the molecule is COC[C@@]12O[C@@H](COC(C)=O)[C@](COCc3ccccc3)(OCc3ccccc3)[C@@](COCc3ccccc3)(O1)[C@@H](OCc1ccccc1)[C@@H]2OC(C)=O. The molecule has 11 nitrogen and oxygen atoms in total. The Labute approximate surface area is 316 Å². The van der Waals surface area contributed by atoms with Crippen molar-refractivity contribution < 1.29 is 52.2 Å². The normalized spacial score (nSPS) is 25.9. The first-order valence-electron chi connectivity index (χ1n) is 18.0. The molecule has 4 aromatic rings. The number of esters is 2. The van der Waals surface area contributed by atoms with E-state index in [0.29, 0.717) is 0 Å². The van der Waals surface area contributed by atoms with Crippen molar-refractivity contribution in [3.05, 3.63) is 144 Å². The van der Waals surface area contributed by atoms with Gasteiger partial charge in [-0.25, -0.2) is 0 Å². The van der Waals surface area contributed by atoms with Gasteiger partial charge in [-0.15, -0.1) is 0 Å². The Bertz CT molecular complexity index is 1760. The molecule has 0 amide bonds. The Morgan fingerprint density at radius 3 is 1.61 bits per heavy atom. The minimum absolute atomic E-state index is 0.0835. The summed E-state index contributed by atoms with van der Waals surface area (Å²) in [7, 11) is 1.50. The molecule has 11 heteroatoms. The standard InChI is InChI=1S/C43H48O11/c1-32(44)49-28-38-41(51-27-37-22-14-7-15-23-37,29-47-24-34-16-8-4-9-17-34)42(30-48-25-35-18-10-5-11-19-35)39(50-26-36-20-12-6-13-21-36)40(52-33(2)45)43(53-38,54-42)31-46-3/h4-23,38-40H,24-31H2,1-3H3/t38-,39-,40-,41-,42-,43+/m0/s1. The number of carbonyl (C=O) groups excluding carboxylic acids is 2. The fourth-order valence-electron chi connectivity index (χ4n) is 7.23. The van der Waals surface area contributed by atoms with Crippen molar-refractivity contribution in [2.75, 3.05) is 33.5 Å². The number of fused-ring (bicyclic) bond motifs is 2. The lowest BCUT2D eigenvalue weighted by Gasteiger charge is -2.56. The first kappa shape index (κ1) is 39.2. The fraction of sp³-hybridized carbons (Fsp3) is 0.395. The maximum Gasteiger partial charge on any atom is 0.303 e. The van der Waals surface area contributed by atoms with Gasteiger partial charge >= 0.3 is 11.9 Å². The second kappa shape index (κ2) is 18.2. The summed E-state index contributed by atoms with van der Waals surface area (Å²) < 4.78 is 58.8. The lowest BCUT2D eigenvalue weighted by atomic mass is 9.75. The van der Waals surface area contributed by atoms with E-state index >= 15 is 0 Å². The number of benzene rings is 4. The smallest absolute Gasteiger partial charge is 0.303 e. The molecular weight excluding hydrogens is 692 g/mol. The van der Waals surface area contributed by atoms with Crippen molar-refractivity contribution >= 4 is 11.9 Å². The average molecular weight is 741 g/mol. The number of methoxy groups -OCH3 is 1. The van der Waals surface area contributed by atoms with Crippen LogP contribution in [0.1, 0.15) is 36.1 Å². The molecule has 0 aromatic heterocycles. The van der Waals surface area contributed by atoms with Crippen molar-refractivity contribution in [3.8, 4) is 0 Å². The molecule has 2 bridgehead atoms. The van der Waals surface area contributed by atoms with Crippen LogP contribution in [0.2, 0.25) is 0 Å². The summed E-state index contributed by atoms with van der Waals surface area (Å²) in [5, 5.41) is 0. The highest BCUT2D eigenvalue weighted by atomic mass is 16.8. The summed E-state index contributed by atoms with van der Waals surface area (Å²) in [6.07, 6.45) is -3.32. The molecule has 2 fully saturated rings. The molecule has 0 radical (unpaired) electrons. The molecule has 2 aliphatic heterocycles. The van der Waals surface area contributed by atoms with Crippen LogP contribution in [-0.2, 0) is 78.6 Å². The van der Waals surface area contributed by atoms with Gasteiger partial charge in [-0.05, 0) is 22.3 Å². The Kier molecular flexibility index (Phi) is 13.3. The number of rotatable bonds is 19. The number of carbonyl (C=O) groups is 2. The Morgan fingerprint density at radius 1 is 0.611 bits per heavy atom. The first-order valence-corrected chi connectivity index (χ1v) is 18.0. The minimum Gasteiger partial charge on any atom is -0.463 e. The van der Waals surface area contributed by atoms with E-state index < -0.39 is 47.2 Å². The summed E-state index contributed by atoms with van der Waals surface area (Å²) in [5.41, 5.74) is 0.342. The van der Waals surface area contributed by atoms with Crippen LogP contribution in [-0.4, -0.2) is 80.8 Å². The van der Waals surface area contributed by atoms with E-state index in [1.54, 1.807) is 0 Å². The topological polar surface area (TPSA) is 117 Å². The number of hydrogen-bond donors (Lipinski definition) is 0. The molecule has 0 unspecified atom stereocenters. The van der Waals surface area contributed by atoms with E-state index in [1.807, 2.05) is 121 Å². The van der Waals surface area contributed by atoms with Crippen molar-refractivity contribution in [1.82, 2.24) is 0 Å². The van der Waals surface area contributed by atoms with Gasteiger partial charge in [0.25, 0.3) is 0 Å². The van der Waals surface area contributed by atoms with Crippen LogP contribution in [0.4, 0.5) is 0 Å². The van der Waals surface area contributed by atoms with Crippen molar-refractivity contribution in [3.63, 3.8) is 0 Å². The third-order valence-corrected chi connectivity index (χ3v) is 9.65. The summed E-state index contributed by atoms with van der Waals surface area (Å²) in [4.78, 5) is 25.4. The Morgan fingerprint density at radius 2 is 1.11 bits per heavy atom. The van der Waals surface area contributed by atoms with Gasteiger partial charge in [0.2, 0.25) is 5.79 Å². The van der Waals surface area contributed by atoms with Gasteiger partial charge in [-0.2, -0.15) is 0 Å². The largest absolute Gasteiger partial charge is 0.463 e. The van der Waals surface area contributed by atoms with E-state index in [-0.39, 0.29) is 52.9 Å². The zero-order valence-corrected chi connectivity index (χ0v) is 30.9. The molecule has 2 aliphatic rings. The summed E-state index contributed by atoms with van der Waals surface area (Å²) in [6.45, 7) is 2.57. The monoisotopic (exact) mass is 740 g/mol. The maximum atomic E-state index is 13.0. The highest BCUT2D eigenvalue weighted by Crippen LogP contribution is 2.57. The van der Waals surface area contributed by atoms with E-state index in [1.165, 1.54) is 21.0 Å². The molecule has 2 saturated heterocycles. The van der Waals surface area contributed by atoms with Gasteiger partial charge in [0.15, 0.2) is 17.3 Å². The molecule has 0 saturated carbocycles. The Balaban J connectivity index is 1.53. The quantitative estimate of drug-likeness (QED) is 0.106. The molecule has 0 spiro atoms. The highest BCUT2D eigenvalue weighted by Gasteiger charge is 2.80. The van der Waals surface area contributed by atoms with Crippen LogP contribution < -0.4 is 0 Å². The molecule has 54 heavy (non-hydrogen) atoms. The molecule has 6 rings (SSSR count). The third-order valence-electron chi connectivity index (χ3n) is 9.65. The molecule has 0 aliphatic carbocycles. The second-order valence-electron chi connectivity index (χ2n) is 13.5. The average Bonchev–Trinajstić information content (AvgIpc) is 3.40. The van der Waals surface area contributed by atoms with Crippen LogP contribution in [0, 0.1) is 0 Å². The third kappa shape index (κ3) is 8.90. The summed E-state index contributed by atoms with van der Waals surface area (Å²) in [5.74, 6) is -2.85. The number of hydrogen-bond acceptors (Lipinski definition) is 11. The second-order valence-corrected chi connectivity index (χ2v) is 13.5. The van der Waals surface area contributed by atoms with Gasteiger partial charge in [-0.3, -0.25) is 9.59 Å². The van der Waals surface area contributed by atoms with Crippen LogP contribution in [0.5, 0.6) is 0 Å². The number of ether oxygens (including phenoxy) is 9. The van der Waals surface area contributed by atoms with Crippen LogP contribution in [0.3, 0.4) is 0 Å². The van der Waals surface area contributed by atoms with Gasteiger partial charge in [0.1, 0.15) is 25.4 Å². The maximum absolute atomic E-state index is 13.0. The van der Waals surface area contributed by atoms with Crippen molar-refractivity contribution in [1.29, 1.82) is 0 Å². The minimum atomic E-state index is -1.73. The zero-order valence-electron chi connectivity index (χ0n) is 30.9. The predicted molar refractivity (Wildman–Crippen MR) is 197 cm³/mol. The molecule has 4 aromatic carbocycles. The van der Waals surface area contributed by atoms with E-state index in [0.717, 1.165) is 22.3 Å². The van der Waals surface area contributed by atoms with Gasteiger partial charge in [0.05, 0.1) is 39.6 Å². The van der Waals surface area contributed by atoms with Crippen molar-refractivity contribution in [2.24, 2.45) is 0 Å². The van der Waals surface area contributed by atoms with Crippen molar-refractivity contribution in [2.45, 2.75) is 75.6 Å². The first-order chi connectivity index (χ1) is 26.3. The van der Waals surface area contributed by atoms with Crippen LogP contribution in [0.25, 0.3) is 0 Å². The van der Waals surface area contributed by atoms with Gasteiger partial charge < -0.3 is 42.6 Å². The van der Waals surface area contributed by atoms with Crippen LogP contribution in [0.15, 0.2) is 121 Å². The van der Waals surface area contributed by atoms with Gasteiger partial charge in [-0.1, -0.05) is 121 Å². The fourth-order valence-corrected chi connectivity index (χ4v) is 7.23. The predicted octanol–water partition coefficient (Wildman–Crippen LogP) is 5.97. The lowest BCUT2D eigenvalue weighted by molar-refractivity contribution is -0.421. The lowest BCUT2D eigenvalue weighted by Crippen LogP contribution is -2.76. The van der Waals surface area contributed by atoms with E-state index in [2.05, 4.69) is 0 Å². The molecule has 6 atom stereocenters. The summed E-state index contributed by atoms with van der Waals surface area (Å²) >= 11 is 0. The Hall–Kier alpha value is -4.46. The zero-order chi connectivity index (χ0) is 37.9. The summed E-state index contributed by atoms with van der Waals surface area (Å²) in [6, 6.07) is 38.7. The van der Waals surface area contributed by atoms with E-state index in [4.69, 9.17) is 42.6 Å². The molecule has 2 heterocycles. The van der Waals surface area contributed by atoms with Crippen LogP contribution >= 0.6 is 0 Å². The van der Waals surface area contributed by atoms with Gasteiger partial charge in [0, 0.05) is 21.0 Å². The molecule has 286 valence electrons.